The molecule has 1 aliphatic carbocycles. The van der Waals surface area contributed by atoms with Crippen molar-refractivity contribution in [2.75, 3.05) is 13.1 Å². The Morgan fingerprint density at radius 1 is 0.971 bits per heavy atom. The zero-order valence-electron chi connectivity index (χ0n) is 19.7. The topological polar surface area (TPSA) is 114 Å². The van der Waals surface area contributed by atoms with Crippen LogP contribution in [0.2, 0.25) is 0 Å². The van der Waals surface area contributed by atoms with E-state index in [0.29, 0.717) is 24.4 Å². The second kappa shape index (κ2) is 10.5. The molecule has 3 aliphatic heterocycles. The van der Waals surface area contributed by atoms with Crippen molar-refractivity contribution in [1.82, 2.24) is 25.5 Å². The van der Waals surface area contributed by atoms with Gasteiger partial charge in [-0.15, -0.1) is 0 Å². The van der Waals surface area contributed by atoms with Crippen LogP contribution in [-0.4, -0.2) is 57.8 Å². The Hall–Kier alpha value is -3.33. The van der Waals surface area contributed by atoms with Crippen LogP contribution in [0.25, 0.3) is 0 Å². The molecule has 0 radical (unpaired) electrons. The maximum absolute atomic E-state index is 12.6. The number of piperidine rings is 1. The number of nitrogens with one attached hydrogen (secondary N) is 2. The number of hydrogen-bond acceptors (Lipinski definition) is 7. The first-order chi connectivity index (χ1) is 17.1. The molecule has 4 heterocycles. The van der Waals surface area contributed by atoms with Gasteiger partial charge in [-0.05, 0) is 61.4 Å². The molecule has 184 valence electrons. The van der Waals surface area contributed by atoms with Crippen LogP contribution in [0.3, 0.4) is 0 Å². The molecule has 35 heavy (non-hydrogen) atoms. The number of fused-ring (bicyclic) bond motifs is 1. The average Bonchev–Trinajstić information content (AvgIpc) is 3.15. The van der Waals surface area contributed by atoms with E-state index < -0.39 is 6.04 Å². The van der Waals surface area contributed by atoms with Crippen molar-refractivity contribution in [2.45, 2.75) is 69.6 Å². The predicted molar refractivity (Wildman–Crippen MR) is 128 cm³/mol. The fraction of sp³-hybridized carbons (Fsp3) is 0.500. The van der Waals surface area contributed by atoms with Crippen LogP contribution in [0, 0.1) is 0 Å². The molecular formula is C26H31N5O4. The van der Waals surface area contributed by atoms with Gasteiger partial charge in [0.25, 0.3) is 5.91 Å². The van der Waals surface area contributed by atoms with E-state index in [-0.39, 0.29) is 30.2 Å². The summed E-state index contributed by atoms with van der Waals surface area (Å²) < 4.78 is 6.08. The van der Waals surface area contributed by atoms with Gasteiger partial charge in [0, 0.05) is 49.9 Å². The summed E-state index contributed by atoms with van der Waals surface area (Å²) in [4.78, 5) is 45.5. The molecule has 1 aromatic heterocycles. The number of amides is 3. The number of ether oxygens (including phenoxy) is 1. The molecule has 2 N–H and O–H groups in total. The standard InChI is InChI=1S/C19H22N2O4.C7H9N3/c22-17-9-8-16(18(23)20-17)21-11-12-10-14(6-7-15(12)19(21)24)25-13-4-2-1-3-5-13;1-6(2-8-1)7-3-9-5-10-4-7/h6-7,10,13,16H,1-5,8-9,11H2,(H,20,22,23);3-6,8H,1-2H2. The van der Waals surface area contributed by atoms with Crippen LogP contribution in [-0.2, 0) is 16.1 Å². The summed E-state index contributed by atoms with van der Waals surface area (Å²) in [5, 5.41) is 5.53. The van der Waals surface area contributed by atoms with Crippen LogP contribution in [0.15, 0.2) is 36.9 Å². The third-order valence-electron chi connectivity index (χ3n) is 7.18. The van der Waals surface area contributed by atoms with Crippen molar-refractivity contribution >= 4 is 17.7 Å². The number of carbonyl (C=O) groups is 3. The molecule has 1 atom stereocenters. The van der Waals surface area contributed by atoms with Crippen molar-refractivity contribution in [3.63, 3.8) is 0 Å². The number of nitrogens with zero attached hydrogens (tertiary/aromatic N) is 3. The van der Waals surface area contributed by atoms with Gasteiger partial charge in [-0.25, -0.2) is 9.97 Å². The lowest BCUT2D eigenvalue weighted by atomic mass is 9.97. The minimum Gasteiger partial charge on any atom is -0.490 e. The lowest BCUT2D eigenvalue weighted by Gasteiger charge is -2.29. The van der Waals surface area contributed by atoms with E-state index in [0.717, 1.165) is 37.2 Å². The molecule has 9 heteroatoms. The molecule has 4 aliphatic rings. The van der Waals surface area contributed by atoms with Gasteiger partial charge in [0.2, 0.25) is 11.8 Å². The summed E-state index contributed by atoms with van der Waals surface area (Å²) >= 11 is 0. The number of imide groups is 1. The molecule has 9 nitrogen and oxygen atoms in total. The zero-order chi connectivity index (χ0) is 24.2. The van der Waals surface area contributed by atoms with Crippen LogP contribution in [0.1, 0.15) is 72.3 Å². The first-order valence-corrected chi connectivity index (χ1v) is 12.5. The molecule has 1 saturated carbocycles. The van der Waals surface area contributed by atoms with Crippen LogP contribution >= 0.6 is 0 Å². The van der Waals surface area contributed by atoms with Gasteiger partial charge in [-0.3, -0.25) is 19.7 Å². The minimum absolute atomic E-state index is 0.145. The van der Waals surface area contributed by atoms with E-state index in [1.165, 1.54) is 24.8 Å². The van der Waals surface area contributed by atoms with Crippen LogP contribution in [0.4, 0.5) is 0 Å². The summed E-state index contributed by atoms with van der Waals surface area (Å²) in [6.07, 6.45) is 12.1. The van der Waals surface area contributed by atoms with E-state index in [1.54, 1.807) is 17.3 Å². The van der Waals surface area contributed by atoms with Crippen LogP contribution < -0.4 is 15.4 Å². The summed E-state index contributed by atoms with van der Waals surface area (Å²) in [5.41, 5.74) is 2.77. The number of hydrogen-bond donors (Lipinski definition) is 2. The Morgan fingerprint density at radius 3 is 2.43 bits per heavy atom. The third-order valence-corrected chi connectivity index (χ3v) is 7.18. The Kier molecular flexibility index (Phi) is 7.03. The second-order valence-corrected chi connectivity index (χ2v) is 9.62. The van der Waals surface area contributed by atoms with E-state index >= 15 is 0 Å². The van der Waals surface area contributed by atoms with E-state index in [4.69, 9.17) is 4.74 Å². The van der Waals surface area contributed by atoms with Crippen molar-refractivity contribution in [3.05, 3.63) is 53.6 Å². The summed E-state index contributed by atoms with van der Waals surface area (Å²) in [6.45, 7) is 2.54. The number of aromatic nitrogens is 2. The van der Waals surface area contributed by atoms with E-state index in [2.05, 4.69) is 20.6 Å². The summed E-state index contributed by atoms with van der Waals surface area (Å²) in [6, 6.07) is 5.00. The van der Waals surface area contributed by atoms with Gasteiger partial charge < -0.3 is 15.0 Å². The van der Waals surface area contributed by atoms with Gasteiger partial charge in [-0.2, -0.15) is 0 Å². The first kappa shape index (κ1) is 23.4. The number of carbonyl (C=O) groups excluding carboxylic acids is 3. The predicted octanol–water partition coefficient (Wildman–Crippen LogP) is 2.32. The minimum atomic E-state index is -0.569. The molecule has 0 spiro atoms. The van der Waals surface area contributed by atoms with Gasteiger partial charge in [0.15, 0.2) is 0 Å². The van der Waals surface area contributed by atoms with Gasteiger partial charge >= 0.3 is 0 Å². The third kappa shape index (κ3) is 5.35. The van der Waals surface area contributed by atoms with Gasteiger partial charge in [-0.1, -0.05) is 6.42 Å². The largest absolute Gasteiger partial charge is 0.490 e. The lowest BCUT2D eigenvalue weighted by molar-refractivity contribution is -0.136. The normalized spacial score (nSPS) is 22.6. The zero-order valence-corrected chi connectivity index (χ0v) is 19.7. The van der Waals surface area contributed by atoms with Crippen molar-refractivity contribution < 1.29 is 19.1 Å². The SMILES string of the molecule is O=C1CCC(N2Cc3cc(OC4CCCCC4)ccc3C2=O)C(=O)N1.c1ncc(C2CNC2)cn1. The molecule has 2 saturated heterocycles. The highest BCUT2D eigenvalue weighted by Gasteiger charge is 2.39. The first-order valence-electron chi connectivity index (χ1n) is 12.5. The maximum Gasteiger partial charge on any atom is 0.255 e. The van der Waals surface area contributed by atoms with E-state index in [1.807, 2.05) is 24.5 Å². The summed E-state index contributed by atoms with van der Waals surface area (Å²) in [5.74, 6) is 0.656. The van der Waals surface area contributed by atoms with Crippen molar-refractivity contribution in [1.29, 1.82) is 0 Å². The average molecular weight is 478 g/mol. The Bertz CT molecular complexity index is 1080. The highest BCUT2D eigenvalue weighted by Crippen LogP contribution is 2.31. The van der Waals surface area contributed by atoms with E-state index in [9.17, 15) is 14.4 Å². The quantitative estimate of drug-likeness (QED) is 0.650. The van der Waals surface area contributed by atoms with Gasteiger partial charge in [0.05, 0.1) is 6.10 Å². The van der Waals surface area contributed by atoms with Crippen molar-refractivity contribution in [3.8, 4) is 5.75 Å². The smallest absolute Gasteiger partial charge is 0.255 e. The van der Waals surface area contributed by atoms with Crippen molar-refractivity contribution in [2.24, 2.45) is 0 Å². The Morgan fingerprint density at radius 2 is 1.74 bits per heavy atom. The monoisotopic (exact) mass is 477 g/mol. The Labute approximate surface area is 204 Å². The number of rotatable bonds is 4. The molecule has 3 amide bonds. The highest BCUT2D eigenvalue weighted by molar-refractivity contribution is 6.05. The fourth-order valence-corrected chi connectivity index (χ4v) is 5.05. The molecule has 0 bridgehead atoms. The highest BCUT2D eigenvalue weighted by atomic mass is 16.5. The molecule has 6 rings (SSSR count). The van der Waals surface area contributed by atoms with Crippen LogP contribution in [0.5, 0.6) is 5.75 Å². The second-order valence-electron chi connectivity index (χ2n) is 9.62. The van der Waals surface area contributed by atoms with Gasteiger partial charge in [0.1, 0.15) is 18.1 Å². The summed E-state index contributed by atoms with van der Waals surface area (Å²) in [7, 11) is 0. The fourth-order valence-electron chi connectivity index (χ4n) is 5.05. The molecule has 3 fully saturated rings. The molecule has 2 aromatic rings. The molecule has 1 aromatic carbocycles. The number of benzene rings is 1. The Balaban J connectivity index is 0.000000211. The molecular weight excluding hydrogens is 446 g/mol. The maximum atomic E-state index is 12.6. The lowest BCUT2D eigenvalue weighted by Crippen LogP contribution is -2.52. The molecule has 1 unspecified atom stereocenters.